The van der Waals surface area contributed by atoms with Crippen LogP contribution in [0.4, 0.5) is 0 Å². The Hall–Kier alpha value is -1.00. The molecule has 1 aromatic heterocycles. The summed E-state index contributed by atoms with van der Waals surface area (Å²) in [5.41, 5.74) is 6.41. The molecule has 1 aliphatic carbocycles. The van der Waals surface area contributed by atoms with Crippen molar-refractivity contribution < 1.29 is 4.79 Å². The van der Waals surface area contributed by atoms with Crippen LogP contribution in [0.2, 0.25) is 5.02 Å². The molecule has 3 N–H and O–H groups in total. The van der Waals surface area contributed by atoms with Gasteiger partial charge in [-0.3, -0.25) is 4.79 Å². The predicted octanol–water partition coefficient (Wildman–Crippen LogP) is 2.32. The fourth-order valence-corrected chi connectivity index (χ4v) is 3.15. The van der Waals surface area contributed by atoms with Crippen LogP contribution in [0.5, 0.6) is 0 Å². The Labute approximate surface area is 119 Å². The molecule has 1 aromatic rings. The molecule has 106 valence electrons. The van der Waals surface area contributed by atoms with Crippen LogP contribution in [-0.2, 0) is 7.05 Å². The van der Waals surface area contributed by atoms with Crippen LogP contribution in [-0.4, -0.2) is 23.1 Å². The summed E-state index contributed by atoms with van der Waals surface area (Å²) < 4.78 is 1.74. The molecular formula is C14H22ClN3O. The summed E-state index contributed by atoms with van der Waals surface area (Å²) in [7, 11) is 1.82. The van der Waals surface area contributed by atoms with Crippen LogP contribution in [0.3, 0.4) is 0 Å². The summed E-state index contributed by atoms with van der Waals surface area (Å²) in [4.78, 5) is 12.2. The van der Waals surface area contributed by atoms with E-state index in [9.17, 15) is 4.79 Å². The Morgan fingerprint density at radius 2 is 2.21 bits per heavy atom. The molecule has 1 aliphatic rings. The highest BCUT2D eigenvalue weighted by atomic mass is 35.5. The second kappa shape index (κ2) is 6.44. The van der Waals surface area contributed by atoms with Gasteiger partial charge in [0.15, 0.2) is 0 Å². The molecule has 0 bridgehead atoms. The van der Waals surface area contributed by atoms with E-state index in [1.54, 1.807) is 16.8 Å². The molecule has 5 heteroatoms. The third-order valence-electron chi connectivity index (χ3n) is 3.99. The Morgan fingerprint density at radius 3 is 2.74 bits per heavy atom. The fraction of sp³-hybridized carbons (Fsp3) is 0.643. The average molecular weight is 284 g/mol. The first kappa shape index (κ1) is 14.4. The molecule has 1 fully saturated rings. The van der Waals surface area contributed by atoms with E-state index in [2.05, 4.69) is 5.32 Å². The molecule has 4 nitrogen and oxygen atoms in total. The van der Waals surface area contributed by atoms with Crippen molar-refractivity contribution in [3.05, 3.63) is 23.0 Å². The number of hydrogen-bond acceptors (Lipinski definition) is 2. The third-order valence-corrected chi connectivity index (χ3v) is 4.20. The monoisotopic (exact) mass is 283 g/mol. The summed E-state index contributed by atoms with van der Waals surface area (Å²) in [5, 5.41) is 3.64. The zero-order chi connectivity index (χ0) is 13.8. The number of nitrogens with two attached hydrogens (primary N) is 1. The summed E-state index contributed by atoms with van der Waals surface area (Å²) >= 11 is 5.90. The van der Waals surface area contributed by atoms with Gasteiger partial charge >= 0.3 is 0 Å². The third kappa shape index (κ3) is 3.51. The Kier molecular flexibility index (Phi) is 4.88. The number of aromatic nitrogens is 1. The summed E-state index contributed by atoms with van der Waals surface area (Å²) in [6, 6.07) is 1.76. The maximum Gasteiger partial charge on any atom is 0.268 e. The van der Waals surface area contributed by atoms with Crippen molar-refractivity contribution >= 4 is 17.5 Å². The number of aryl methyl sites for hydroxylation is 1. The minimum absolute atomic E-state index is 0.0708. The van der Waals surface area contributed by atoms with Crippen molar-refractivity contribution in [2.24, 2.45) is 18.7 Å². The first-order valence-corrected chi connectivity index (χ1v) is 7.32. The highest BCUT2D eigenvalue weighted by Crippen LogP contribution is 2.26. The highest BCUT2D eigenvalue weighted by molar-refractivity contribution is 6.31. The van der Waals surface area contributed by atoms with E-state index in [1.807, 2.05) is 7.05 Å². The van der Waals surface area contributed by atoms with Gasteiger partial charge in [0.2, 0.25) is 0 Å². The standard InChI is InChI=1S/C14H22ClN3O/c1-18-9-11(15)7-13(18)14(19)17-12(8-16)10-5-3-2-4-6-10/h7,9-10,12H,2-6,8,16H2,1H3,(H,17,19). The summed E-state index contributed by atoms with van der Waals surface area (Å²) in [6.07, 6.45) is 7.84. The van der Waals surface area contributed by atoms with Gasteiger partial charge in [-0.1, -0.05) is 30.9 Å². The van der Waals surface area contributed by atoms with Gasteiger partial charge < -0.3 is 15.6 Å². The Bertz CT molecular complexity index is 438. The molecule has 0 aliphatic heterocycles. The SMILES string of the molecule is Cn1cc(Cl)cc1C(=O)NC(CN)C1CCCCC1. The van der Waals surface area contributed by atoms with Crippen molar-refractivity contribution in [3.63, 3.8) is 0 Å². The van der Waals surface area contributed by atoms with Gasteiger partial charge in [0.05, 0.1) is 5.02 Å². The number of rotatable bonds is 4. The van der Waals surface area contributed by atoms with Gasteiger partial charge in [0.25, 0.3) is 5.91 Å². The molecule has 1 heterocycles. The Balaban J connectivity index is 2.01. The first-order valence-electron chi connectivity index (χ1n) is 6.94. The number of nitrogens with one attached hydrogen (secondary N) is 1. The molecule has 0 radical (unpaired) electrons. The number of carbonyl (C=O) groups excluding carboxylic acids is 1. The first-order chi connectivity index (χ1) is 9.11. The maximum atomic E-state index is 12.2. The van der Waals surface area contributed by atoms with E-state index in [0.29, 0.717) is 23.2 Å². The second-order valence-corrected chi connectivity index (χ2v) is 5.80. The van der Waals surface area contributed by atoms with Gasteiger partial charge in [-0.25, -0.2) is 0 Å². The van der Waals surface area contributed by atoms with E-state index in [-0.39, 0.29) is 11.9 Å². The number of amides is 1. The summed E-state index contributed by atoms with van der Waals surface area (Å²) in [5.74, 6) is 0.425. The van der Waals surface area contributed by atoms with Crippen LogP contribution in [0.25, 0.3) is 0 Å². The van der Waals surface area contributed by atoms with Crippen LogP contribution in [0.1, 0.15) is 42.6 Å². The molecule has 1 atom stereocenters. The molecule has 0 aromatic carbocycles. The zero-order valence-corrected chi connectivity index (χ0v) is 12.1. The average Bonchev–Trinajstić information content (AvgIpc) is 2.76. The van der Waals surface area contributed by atoms with Gasteiger partial charge in [0.1, 0.15) is 5.69 Å². The van der Waals surface area contributed by atoms with Gasteiger partial charge in [-0.2, -0.15) is 0 Å². The lowest BCUT2D eigenvalue weighted by Gasteiger charge is -2.30. The van der Waals surface area contributed by atoms with Gasteiger partial charge in [0, 0.05) is 25.8 Å². The topological polar surface area (TPSA) is 60.0 Å². The second-order valence-electron chi connectivity index (χ2n) is 5.37. The fourth-order valence-electron chi connectivity index (χ4n) is 2.90. The van der Waals surface area contributed by atoms with Crippen molar-refractivity contribution in [3.8, 4) is 0 Å². The van der Waals surface area contributed by atoms with Crippen LogP contribution in [0, 0.1) is 5.92 Å². The molecule has 1 amide bonds. The molecule has 1 unspecified atom stereocenters. The van der Waals surface area contributed by atoms with Crippen molar-refractivity contribution in [2.75, 3.05) is 6.54 Å². The quantitative estimate of drug-likeness (QED) is 0.891. The lowest BCUT2D eigenvalue weighted by atomic mass is 9.84. The number of nitrogens with zero attached hydrogens (tertiary/aromatic N) is 1. The smallest absolute Gasteiger partial charge is 0.268 e. The van der Waals surface area contributed by atoms with E-state index in [0.717, 1.165) is 12.8 Å². The van der Waals surface area contributed by atoms with Crippen LogP contribution >= 0.6 is 11.6 Å². The number of carbonyl (C=O) groups is 1. The highest BCUT2D eigenvalue weighted by Gasteiger charge is 2.25. The van der Waals surface area contributed by atoms with Crippen molar-refractivity contribution in [1.82, 2.24) is 9.88 Å². The number of halogens is 1. The molecule has 2 rings (SSSR count). The minimum atomic E-state index is -0.0876. The number of hydrogen-bond donors (Lipinski definition) is 2. The zero-order valence-electron chi connectivity index (χ0n) is 11.4. The van der Waals surface area contributed by atoms with Crippen molar-refractivity contribution in [2.45, 2.75) is 38.1 Å². The van der Waals surface area contributed by atoms with Crippen LogP contribution < -0.4 is 11.1 Å². The molecular weight excluding hydrogens is 262 g/mol. The Morgan fingerprint density at radius 1 is 1.53 bits per heavy atom. The molecule has 19 heavy (non-hydrogen) atoms. The van der Waals surface area contributed by atoms with E-state index in [4.69, 9.17) is 17.3 Å². The molecule has 0 spiro atoms. The van der Waals surface area contributed by atoms with Crippen molar-refractivity contribution in [1.29, 1.82) is 0 Å². The summed E-state index contributed by atoms with van der Waals surface area (Å²) in [6.45, 7) is 0.495. The van der Waals surface area contributed by atoms with E-state index < -0.39 is 0 Å². The largest absolute Gasteiger partial charge is 0.346 e. The lowest BCUT2D eigenvalue weighted by molar-refractivity contribution is 0.0907. The maximum absolute atomic E-state index is 12.2. The lowest BCUT2D eigenvalue weighted by Crippen LogP contribution is -2.46. The van der Waals surface area contributed by atoms with E-state index >= 15 is 0 Å². The van der Waals surface area contributed by atoms with Crippen LogP contribution in [0.15, 0.2) is 12.3 Å². The predicted molar refractivity (Wildman–Crippen MR) is 77.3 cm³/mol. The van der Waals surface area contributed by atoms with E-state index in [1.165, 1.54) is 19.3 Å². The minimum Gasteiger partial charge on any atom is -0.346 e. The molecule has 0 saturated heterocycles. The van der Waals surface area contributed by atoms with Gasteiger partial charge in [-0.15, -0.1) is 0 Å². The van der Waals surface area contributed by atoms with Gasteiger partial charge in [-0.05, 0) is 24.8 Å². The normalized spacial score (nSPS) is 18.3. The molecule has 1 saturated carbocycles.